The van der Waals surface area contributed by atoms with Crippen LogP contribution in [0.15, 0.2) is 30.5 Å². The molecular weight excluding hydrogens is 362 g/mol. The van der Waals surface area contributed by atoms with Gasteiger partial charge in [-0.3, -0.25) is 9.69 Å². The van der Waals surface area contributed by atoms with E-state index < -0.39 is 0 Å². The van der Waals surface area contributed by atoms with E-state index >= 15 is 0 Å². The SMILES string of the molecule is CCN(CC)C(=O)[C@@H]1C=C2c3cccc4c3c(cn4OCC3CC3)C[C@H]2N(C)C1. The van der Waals surface area contributed by atoms with Gasteiger partial charge < -0.3 is 9.74 Å². The number of fused-ring (bicyclic) bond motifs is 2. The fourth-order valence-corrected chi connectivity index (χ4v) is 5.03. The van der Waals surface area contributed by atoms with Crippen molar-refractivity contribution in [2.45, 2.75) is 39.2 Å². The Labute approximate surface area is 172 Å². The van der Waals surface area contributed by atoms with E-state index in [1.54, 1.807) is 0 Å². The Hall–Kier alpha value is -2.27. The molecule has 5 nitrogen and oxygen atoms in total. The van der Waals surface area contributed by atoms with Crippen molar-refractivity contribution in [2.75, 3.05) is 33.3 Å². The number of rotatable bonds is 6. The lowest BCUT2D eigenvalue weighted by Gasteiger charge is -2.40. The number of hydrogen-bond acceptors (Lipinski definition) is 3. The third-order valence-electron chi connectivity index (χ3n) is 6.89. The number of aromatic nitrogens is 1. The maximum Gasteiger partial charge on any atom is 0.230 e. The van der Waals surface area contributed by atoms with Crippen LogP contribution in [0.5, 0.6) is 0 Å². The van der Waals surface area contributed by atoms with Gasteiger partial charge in [-0.1, -0.05) is 18.2 Å². The molecule has 0 saturated heterocycles. The molecule has 5 heteroatoms. The molecular formula is C24H31N3O2. The highest BCUT2D eigenvalue weighted by Gasteiger charge is 2.37. The van der Waals surface area contributed by atoms with Crippen LogP contribution in [0, 0.1) is 11.8 Å². The number of hydrogen-bond donors (Lipinski definition) is 0. The normalized spacial score (nSPS) is 23.6. The van der Waals surface area contributed by atoms with Gasteiger partial charge in [0, 0.05) is 37.3 Å². The van der Waals surface area contributed by atoms with Crippen LogP contribution in [0.3, 0.4) is 0 Å². The van der Waals surface area contributed by atoms with Gasteiger partial charge in [-0.2, -0.15) is 4.73 Å². The van der Waals surface area contributed by atoms with Crippen molar-refractivity contribution in [1.82, 2.24) is 14.5 Å². The van der Waals surface area contributed by atoms with Crippen molar-refractivity contribution >= 4 is 22.4 Å². The van der Waals surface area contributed by atoms with Gasteiger partial charge in [0.15, 0.2) is 0 Å². The molecule has 1 aromatic carbocycles. The lowest BCUT2D eigenvalue weighted by Crippen LogP contribution is -2.47. The number of carbonyl (C=O) groups excluding carboxylic acids is 1. The Kier molecular flexibility index (Phi) is 4.66. The minimum Gasteiger partial charge on any atom is -0.414 e. The standard InChI is InChI=1S/C24H31N3O2/c1-4-26(5-2)24(28)18-11-20-19-7-6-8-21-23(19)17(12-22(20)25(3)13-18)14-27(21)29-15-16-9-10-16/h6-8,11,14,16,18,22H,4-5,9-10,12-13,15H2,1-3H3/t18-,22-/m1/s1. The third-order valence-corrected chi connectivity index (χ3v) is 6.89. The van der Waals surface area contributed by atoms with Crippen LogP contribution in [0.25, 0.3) is 16.5 Å². The topological polar surface area (TPSA) is 37.7 Å². The van der Waals surface area contributed by atoms with Crippen LogP contribution in [0.4, 0.5) is 0 Å². The summed E-state index contributed by atoms with van der Waals surface area (Å²) >= 11 is 0. The highest BCUT2D eigenvalue weighted by Crippen LogP contribution is 2.41. The van der Waals surface area contributed by atoms with Crippen molar-refractivity contribution < 1.29 is 9.63 Å². The first-order valence-electron chi connectivity index (χ1n) is 11.1. The molecule has 0 radical (unpaired) electrons. The van der Waals surface area contributed by atoms with E-state index in [9.17, 15) is 4.79 Å². The summed E-state index contributed by atoms with van der Waals surface area (Å²) in [4.78, 5) is 23.5. The number of likely N-dealkylation sites (N-methyl/N-ethyl adjacent to an activating group) is 1. The summed E-state index contributed by atoms with van der Waals surface area (Å²) in [6.45, 7) is 7.24. The summed E-state index contributed by atoms with van der Waals surface area (Å²) in [5, 5.41) is 1.30. The lowest BCUT2D eigenvalue weighted by molar-refractivity contribution is -0.134. The highest BCUT2D eigenvalue weighted by molar-refractivity contribution is 5.99. The highest BCUT2D eigenvalue weighted by atomic mass is 16.7. The average Bonchev–Trinajstić information content (AvgIpc) is 3.50. The summed E-state index contributed by atoms with van der Waals surface area (Å²) in [6, 6.07) is 6.82. The molecule has 1 amide bonds. The largest absolute Gasteiger partial charge is 0.414 e. The van der Waals surface area contributed by atoms with Crippen LogP contribution < -0.4 is 4.84 Å². The van der Waals surface area contributed by atoms with Gasteiger partial charge in [0.1, 0.15) is 6.61 Å². The van der Waals surface area contributed by atoms with E-state index in [-0.39, 0.29) is 11.8 Å². The van der Waals surface area contributed by atoms with Gasteiger partial charge in [0.2, 0.25) is 5.91 Å². The molecule has 1 aliphatic heterocycles. The Balaban J connectivity index is 1.54. The zero-order valence-electron chi connectivity index (χ0n) is 17.7. The fourth-order valence-electron chi connectivity index (χ4n) is 5.03. The third kappa shape index (κ3) is 3.16. The van der Waals surface area contributed by atoms with Gasteiger partial charge in [-0.25, -0.2) is 0 Å². The van der Waals surface area contributed by atoms with Crippen LogP contribution in [0.2, 0.25) is 0 Å². The Morgan fingerprint density at radius 1 is 1.24 bits per heavy atom. The average molecular weight is 394 g/mol. The first-order valence-corrected chi connectivity index (χ1v) is 11.1. The van der Waals surface area contributed by atoms with Crippen molar-refractivity contribution in [3.63, 3.8) is 0 Å². The number of benzene rings is 1. The molecule has 2 aromatic rings. The molecule has 3 aliphatic rings. The molecule has 2 aliphatic carbocycles. The van der Waals surface area contributed by atoms with E-state index in [1.165, 1.54) is 34.9 Å². The Bertz CT molecular complexity index is 968. The second-order valence-corrected chi connectivity index (χ2v) is 8.82. The van der Waals surface area contributed by atoms with E-state index in [1.807, 2.05) is 9.63 Å². The van der Waals surface area contributed by atoms with Gasteiger partial charge in [0.25, 0.3) is 0 Å². The van der Waals surface area contributed by atoms with Gasteiger partial charge >= 0.3 is 0 Å². The van der Waals surface area contributed by atoms with E-state index in [4.69, 9.17) is 4.84 Å². The molecule has 2 atom stereocenters. The smallest absolute Gasteiger partial charge is 0.230 e. The number of carbonyl (C=O) groups is 1. The number of nitrogens with zero attached hydrogens (tertiary/aromatic N) is 3. The minimum atomic E-state index is -0.0730. The van der Waals surface area contributed by atoms with Crippen LogP contribution >= 0.6 is 0 Å². The minimum absolute atomic E-state index is 0.0730. The zero-order valence-corrected chi connectivity index (χ0v) is 17.7. The second kappa shape index (κ2) is 7.21. The van der Waals surface area contributed by atoms with Gasteiger partial charge in [-0.05, 0) is 68.8 Å². The van der Waals surface area contributed by atoms with Crippen LogP contribution in [-0.2, 0) is 11.2 Å². The second-order valence-electron chi connectivity index (χ2n) is 8.82. The molecule has 29 heavy (non-hydrogen) atoms. The molecule has 1 saturated carbocycles. The fraction of sp³-hybridized carbons (Fsp3) is 0.542. The predicted octanol–water partition coefficient (Wildman–Crippen LogP) is 3.22. The molecule has 1 fully saturated rings. The van der Waals surface area contributed by atoms with Crippen LogP contribution in [0.1, 0.15) is 37.8 Å². The zero-order chi connectivity index (χ0) is 20.1. The molecule has 0 unspecified atom stereocenters. The maximum atomic E-state index is 13.1. The molecule has 1 aromatic heterocycles. The van der Waals surface area contributed by atoms with E-state index in [0.717, 1.165) is 44.1 Å². The monoisotopic (exact) mass is 393 g/mol. The first kappa shape index (κ1) is 18.7. The van der Waals surface area contributed by atoms with Crippen LogP contribution in [-0.4, -0.2) is 59.8 Å². The Morgan fingerprint density at radius 2 is 2.03 bits per heavy atom. The van der Waals surface area contributed by atoms with Crippen molar-refractivity contribution in [2.24, 2.45) is 11.8 Å². The Morgan fingerprint density at radius 3 is 2.76 bits per heavy atom. The van der Waals surface area contributed by atoms with Gasteiger partial charge in [0.05, 0.1) is 11.4 Å². The van der Waals surface area contributed by atoms with Crippen molar-refractivity contribution in [3.05, 3.63) is 41.6 Å². The quantitative estimate of drug-likeness (QED) is 0.756. The molecule has 0 spiro atoms. The summed E-state index contributed by atoms with van der Waals surface area (Å²) in [5.41, 5.74) is 5.08. The number of amides is 1. The van der Waals surface area contributed by atoms with Crippen molar-refractivity contribution in [3.8, 4) is 0 Å². The summed E-state index contributed by atoms with van der Waals surface area (Å²) in [6.07, 6.45) is 8.00. The van der Waals surface area contributed by atoms with E-state index in [0.29, 0.717) is 6.04 Å². The molecule has 0 bridgehead atoms. The summed E-state index contributed by atoms with van der Waals surface area (Å²) in [7, 11) is 2.16. The molecule has 0 N–H and O–H groups in total. The molecule has 154 valence electrons. The van der Waals surface area contributed by atoms with Gasteiger partial charge in [-0.15, -0.1) is 0 Å². The lowest BCUT2D eigenvalue weighted by atomic mass is 9.79. The predicted molar refractivity (Wildman–Crippen MR) is 116 cm³/mol. The molecule has 2 heterocycles. The van der Waals surface area contributed by atoms with E-state index in [2.05, 4.69) is 56.3 Å². The summed E-state index contributed by atoms with van der Waals surface area (Å²) in [5.74, 6) is 0.903. The molecule has 5 rings (SSSR count). The maximum absolute atomic E-state index is 13.1. The first-order chi connectivity index (χ1) is 14.1. The van der Waals surface area contributed by atoms with Crippen molar-refractivity contribution in [1.29, 1.82) is 0 Å². The summed E-state index contributed by atoms with van der Waals surface area (Å²) < 4.78 is 1.99.